The fourth-order valence-electron chi connectivity index (χ4n) is 6.27. The lowest BCUT2D eigenvalue weighted by Gasteiger charge is -2.03. The number of fused-ring (bicyclic) bond motifs is 2. The summed E-state index contributed by atoms with van der Waals surface area (Å²) in [4.78, 5) is 51.6. The lowest BCUT2D eigenvalue weighted by molar-refractivity contribution is -0.138. The van der Waals surface area contributed by atoms with Crippen molar-refractivity contribution >= 4 is 79.7 Å². The number of carbonyl (C=O) groups is 4. The zero-order chi connectivity index (χ0) is 35.8. The van der Waals surface area contributed by atoms with Gasteiger partial charge in [0.2, 0.25) is 0 Å². The van der Waals surface area contributed by atoms with E-state index in [4.69, 9.17) is 0 Å². The Hall–Kier alpha value is -5.50. The van der Waals surface area contributed by atoms with Crippen LogP contribution in [0.5, 0.6) is 0 Å². The highest BCUT2D eigenvalue weighted by atomic mass is 32.1. The average molecular weight is 739 g/mol. The second-order valence-corrected chi connectivity index (χ2v) is 15.3. The number of nitrogens with zero attached hydrogens (tertiary/aromatic N) is 2. The first-order chi connectivity index (χ1) is 24.5. The first-order valence-corrected chi connectivity index (χ1v) is 18.4. The second-order valence-electron chi connectivity index (χ2n) is 12.1. The zero-order valence-electron chi connectivity index (χ0n) is 26.9. The molecule has 7 aromatic rings. The van der Waals surface area contributed by atoms with Crippen molar-refractivity contribution in [3.05, 3.63) is 96.3 Å². The molecular formula is C38H30N2O8S3. The van der Waals surface area contributed by atoms with E-state index in [9.17, 15) is 39.6 Å². The van der Waals surface area contributed by atoms with Gasteiger partial charge in [-0.05, 0) is 95.8 Å². The van der Waals surface area contributed by atoms with Crippen LogP contribution in [-0.2, 0) is 45.1 Å². The molecule has 0 aliphatic heterocycles. The lowest BCUT2D eigenvalue weighted by atomic mass is 10.1. The van der Waals surface area contributed by atoms with Crippen molar-refractivity contribution in [3.63, 3.8) is 0 Å². The first-order valence-electron chi connectivity index (χ1n) is 15.9. The van der Waals surface area contributed by atoms with Crippen LogP contribution in [0.4, 0.5) is 0 Å². The van der Waals surface area contributed by atoms with Gasteiger partial charge in [-0.1, -0.05) is 12.1 Å². The van der Waals surface area contributed by atoms with Crippen molar-refractivity contribution in [2.24, 2.45) is 0 Å². The van der Waals surface area contributed by atoms with E-state index >= 15 is 0 Å². The maximum absolute atomic E-state index is 11.6. The Balaban J connectivity index is 1.24. The Morgan fingerprint density at radius 3 is 1.31 bits per heavy atom. The van der Waals surface area contributed by atoms with E-state index in [0.29, 0.717) is 12.8 Å². The Labute approximate surface area is 302 Å². The summed E-state index contributed by atoms with van der Waals surface area (Å²) in [5.74, 6) is -3.60. The minimum Gasteiger partial charge on any atom is -0.481 e. The van der Waals surface area contributed by atoms with Gasteiger partial charge in [-0.3, -0.25) is 19.2 Å². The quantitative estimate of drug-likeness (QED) is 0.0863. The van der Waals surface area contributed by atoms with Gasteiger partial charge in [0.25, 0.3) is 0 Å². The maximum Gasteiger partial charge on any atom is 0.323 e. The van der Waals surface area contributed by atoms with Crippen LogP contribution in [0.1, 0.15) is 24.0 Å². The summed E-state index contributed by atoms with van der Waals surface area (Å²) >= 11 is 4.75. The Morgan fingerprint density at radius 1 is 0.490 bits per heavy atom. The number of rotatable bonds is 14. The molecule has 0 radical (unpaired) electrons. The van der Waals surface area contributed by atoms with Crippen molar-refractivity contribution in [3.8, 4) is 40.4 Å². The third-order valence-corrected chi connectivity index (χ3v) is 12.5. The number of aliphatic carboxylic acids is 4. The minimum absolute atomic E-state index is 0.0177. The molecule has 0 saturated heterocycles. The molecule has 13 heteroatoms. The number of benzene rings is 2. The van der Waals surface area contributed by atoms with Crippen LogP contribution in [0.3, 0.4) is 0 Å². The van der Waals surface area contributed by atoms with Crippen molar-refractivity contribution in [1.29, 1.82) is 0 Å². The first kappa shape index (κ1) is 34.0. The molecule has 0 amide bonds. The van der Waals surface area contributed by atoms with E-state index < -0.39 is 23.9 Å². The number of hydrogen-bond acceptors (Lipinski definition) is 7. The second kappa shape index (κ2) is 14.0. The van der Waals surface area contributed by atoms with Gasteiger partial charge >= 0.3 is 23.9 Å². The monoisotopic (exact) mass is 738 g/mol. The summed E-state index contributed by atoms with van der Waals surface area (Å²) in [7, 11) is 0. The predicted molar refractivity (Wildman–Crippen MR) is 200 cm³/mol. The van der Waals surface area contributed by atoms with E-state index in [1.807, 2.05) is 72.8 Å². The van der Waals surface area contributed by atoms with Gasteiger partial charge in [0.15, 0.2) is 0 Å². The molecule has 0 aliphatic carbocycles. The normalized spacial score (nSPS) is 11.5. The molecule has 5 aromatic heterocycles. The number of thiophene rings is 3. The average Bonchev–Trinajstić information content (AvgIpc) is 3.92. The molecule has 258 valence electrons. The molecule has 0 saturated carbocycles. The maximum atomic E-state index is 11.6. The van der Waals surface area contributed by atoms with Crippen LogP contribution in [0, 0.1) is 0 Å². The molecule has 0 spiro atoms. The van der Waals surface area contributed by atoms with E-state index in [0.717, 1.165) is 73.3 Å². The number of carboxylic acid groups (broad SMARTS) is 4. The third-order valence-electron chi connectivity index (χ3n) is 8.61. The summed E-state index contributed by atoms with van der Waals surface area (Å²) in [6.07, 6.45) is 4.19. The van der Waals surface area contributed by atoms with Gasteiger partial charge < -0.3 is 29.6 Å². The zero-order valence-corrected chi connectivity index (χ0v) is 29.3. The summed E-state index contributed by atoms with van der Waals surface area (Å²) in [6, 6.07) is 23.7. The highest BCUT2D eigenvalue weighted by Gasteiger charge is 2.20. The van der Waals surface area contributed by atoms with Crippen LogP contribution in [0.15, 0.2) is 85.2 Å². The molecular weight excluding hydrogens is 709 g/mol. The molecule has 10 nitrogen and oxygen atoms in total. The molecule has 7 rings (SSSR count). The highest BCUT2D eigenvalue weighted by Crippen LogP contribution is 2.47. The Kier molecular flexibility index (Phi) is 9.34. The van der Waals surface area contributed by atoms with Crippen LogP contribution >= 0.6 is 34.0 Å². The van der Waals surface area contributed by atoms with Crippen molar-refractivity contribution in [2.75, 3.05) is 0 Å². The summed E-state index contributed by atoms with van der Waals surface area (Å²) in [5, 5.41) is 39.3. The van der Waals surface area contributed by atoms with Gasteiger partial charge in [0.1, 0.15) is 13.1 Å². The predicted octanol–water partition coefficient (Wildman–Crippen LogP) is 8.65. The molecule has 0 aliphatic rings. The van der Waals surface area contributed by atoms with Gasteiger partial charge in [0.05, 0.1) is 0 Å². The van der Waals surface area contributed by atoms with Crippen molar-refractivity contribution in [1.82, 2.24) is 9.13 Å². The molecule has 51 heavy (non-hydrogen) atoms. The summed E-state index contributed by atoms with van der Waals surface area (Å²) in [5.41, 5.74) is 5.39. The third kappa shape index (κ3) is 7.22. The number of carboxylic acids is 4. The topological polar surface area (TPSA) is 159 Å². The fourth-order valence-corrected chi connectivity index (χ4v) is 9.98. The summed E-state index contributed by atoms with van der Waals surface area (Å²) < 4.78 is 3.37. The van der Waals surface area contributed by atoms with Gasteiger partial charge in [-0.15, -0.1) is 34.0 Å². The number of aryl methyl sites for hydroxylation is 2. The molecule has 5 heterocycles. The van der Waals surface area contributed by atoms with E-state index in [2.05, 4.69) is 0 Å². The van der Waals surface area contributed by atoms with Gasteiger partial charge in [0, 0.05) is 76.3 Å². The molecule has 4 N–H and O–H groups in total. The van der Waals surface area contributed by atoms with Crippen LogP contribution in [-0.4, -0.2) is 53.4 Å². The standard InChI is InChI=1S/C38H30N2O8S3/c41-33(42)9-3-25-17-31(23-1-5-27-21(15-23)11-13-39(27)19-35(45)46)50-37(25)29-7-8-30(49-29)38-26(4-10-34(43)44)18-32(51-38)24-2-6-28-22(16-24)12-14-40(28)20-36(47)48/h1-2,5-8,11-18H,3-4,9-10,19-20H2,(H,41,42)(H,43,44)(H,45,46)(H,47,48). The lowest BCUT2D eigenvalue weighted by Crippen LogP contribution is -2.06. The van der Waals surface area contributed by atoms with Crippen LogP contribution in [0.25, 0.3) is 62.2 Å². The smallest absolute Gasteiger partial charge is 0.323 e. The number of hydrogen-bond donors (Lipinski definition) is 4. The molecule has 0 unspecified atom stereocenters. The molecule has 2 aromatic carbocycles. The van der Waals surface area contributed by atoms with Crippen LogP contribution < -0.4 is 0 Å². The molecule has 0 bridgehead atoms. The van der Waals surface area contributed by atoms with E-state index in [1.54, 1.807) is 55.5 Å². The molecule has 0 fully saturated rings. The van der Waals surface area contributed by atoms with Crippen molar-refractivity contribution < 1.29 is 39.6 Å². The number of aromatic nitrogens is 2. The highest BCUT2D eigenvalue weighted by molar-refractivity contribution is 7.28. The van der Waals surface area contributed by atoms with Gasteiger partial charge in [-0.2, -0.15) is 0 Å². The van der Waals surface area contributed by atoms with E-state index in [1.165, 1.54) is 0 Å². The largest absolute Gasteiger partial charge is 0.481 e. The Bertz CT molecular complexity index is 2310. The Morgan fingerprint density at radius 2 is 0.922 bits per heavy atom. The molecule has 0 atom stereocenters. The van der Waals surface area contributed by atoms with Gasteiger partial charge in [-0.25, -0.2) is 0 Å². The fraction of sp³-hybridized carbons (Fsp3) is 0.158. The summed E-state index contributed by atoms with van der Waals surface area (Å²) in [6.45, 7) is -0.262. The SMILES string of the molecule is O=C(O)CCc1cc(-c2ccc3c(ccn3CC(=O)O)c2)sc1-c1ccc(-c2sc(-c3ccc4c(ccn4CC(=O)O)c3)cc2CCC(=O)O)s1. The minimum atomic E-state index is -0.919. The van der Waals surface area contributed by atoms with Crippen molar-refractivity contribution in [2.45, 2.75) is 38.8 Å². The van der Waals surface area contributed by atoms with Crippen LogP contribution in [0.2, 0.25) is 0 Å². The van der Waals surface area contributed by atoms with E-state index in [-0.39, 0.29) is 25.9 Å².